The smallest absolute Gasteiger partial charge is 0.309 e. The molecule has 1 aliphatic heterocycles. The Hall–Kier alpha value is -3.36. The molecule has 2 aromatic rings. The number of carbonyl (C=O) groups excluding carboxylic acids is 3. The molecular formula is C22H21F3N2O4. The Morgan fingerprint density at radius 2 is 1.58 bits per heavy atom. The molecule has 1 fully saturated rings. The van der Waals surface area contributed by atoms with Crippen LogP contribution in [0.4, 0.5) is 18.9 Å². The van der Waals surface area contributed by atoms with Crippen molar-refractivity contribution in [2.45, 2.75) is 25.9 Å². The van der Waals surface area contributed by atoms with E-state index in [2.05, 4.69) is 5.32 Å². The second kappa shape index (κ2) is 9.63. The quantitative estimate of drug-likeness (QED) is 0.731. The number of benzene rings is 2. The zero-order valence-electron chi connectivity index (χ0n) is 16.7. The van der Waals surface area contributed by atoms with Gasteiger partial charge in [0.25, 0.3) is 11.8 Å². The Morgan fingerprint density at radius 1 is 1.00 bits per heavy atom. The molecule has 0 aromatic heterocycles. The molecule has 1 atom stereocenters. The predicted octanol–water partition coefficient (Wildman–Crippen LogP) is 3.53. The number of likely N-dealkylation sites (tertiary alicyclic amines) is 1. The Morgan fingerprint density at radius 3 is 2.16 bits per heavy atom. The Kier molecular flexibility index (Phi) is 6.94. The molecule has 1 unspecified atom stereocenters. The van der Waals surface area contributed by atoms with E-state index >= 15 is 0 Å². The van der Waals surface area contributed by atoms with Crippen LogP contribution in [0.1, 0.15) is 30.1 Å². The number of halogens is 3. The molecule has 9 heteroatoms. The number of ether oxygens (including phenoxy) is 1. The van der Waals surface area contributed by atoms with Crippen molar-refractivity contribution in [3.05, 3.63) is 65.5 Å². The van der Waals surface area contributed by atoms with E-state index in [1.54, 1.807) is 4.90 Å². The lowest BCUT2D eigenvalue weighted by molar-refractivity contribution is -0.158. The Balaban J connectivity index is 1.50. The predicted molar refractivity (Wildman–Crippen MR) is 106 cm³/mol. The monoisotopic (exact) mass is 434 g/mol. The number of para-hydroxylation sites is 1. The number of nitrogens with zero attached hydrogens (tertiary/aromatic N) is 1. The number of amides is 2. The average Bonchev–Trinajstić information content (AvgIpc) is 2.76. The topological polar surface area (TPSA) is 75.7 Å². The molecule has 1 saturated heterocycles. The van der Waals surface area contributed by atoms with Gasteiger partial charge in [-0.25, -0.2) is 13.2 Å². The molecule has 0 aliphatic carbocycles. The van der Waals surface area contributed by atoms with E-state index in [0.717, 1.165) is 18.2 Å². The highest BCUT2D eigenvalue weighted by atomic mass is 19.1. The van der Waals surface area contributed by atoms with Crippen LogP contribution in [0.5, 0.6) is 0 Å². The van der Waals surface area contributed by atoms with Gasteiger partial charge in [-0.1, -0.05) is 6.07 Å². The van der Waals surface area contributed by atoms with Crippen LogP contribution in [0.25, 0.3) is 0 Å². The standard InChI is InChI=1S/C22H21F3N2O4/c1-13(20(28)26-19-17(24)3-2-4-18(19)25)31-22(30)15-9-11-27(12-10-15)21(29)14-5-7-16(23)8-6-14/h2-8,13,15H,9-12H2,1H3,(H,26,28). The van der Waals surface area contributed by atoms with Crippen LogP contribution in [0.3, 0.4) is 0 Å². The van der Waals surface area contributed by atoms with Gasteiger partial charge >= 0.3 is 5.97 Å². The van der Waals surface area contributed by atoms with Crippen molar-refractivity contribution in [2.24, 2.45) is 5.92 Å². The van der Waals surface area contributed by atoms with Gasteiger partial charge in [0, 0.05) is 18.7 Å². The van der Waals surface area contributed by atoms with Crippen LogP contribution in [0.15, 0.2) is 42.5 Å². The van der Waals surface area contributed by atoms with Gasteiger partial charge in [-0.05, 0) is 56.2 Å². The molecule has 1 aliphatic rings. The second-order valence-electron chi connectivity index (χ2n) is 7.24. The van der Waals surface area contributed by atoms with Gasteiger partial charge in [0.05, 0.1) is 5.92 Å². The molecular weight excluding hydrogens is 413 g/mol. The number of rotatable bonds is 5. The van der Waals surface area contributed by atoms with Gasteiger partial charge in [-0.3, -0.25) is 14.4 Å². The highest BCUT2D eigenvalue weighted by Gasteiger charge is 2.31. The van der Waals surface area contributed by atoms with E-state index in [1.807, 2.05) is 0 Å². The Bertz CT molecular complexity index is 953. The molecule has 0 saturated carbocycles. The number of piperidine rings is 1. The first kappa shape index (κ1) is 22.3. The van der Waals surface area contributed by atoms with Crippen LogP contribution in [0.2, 0.25) is 0 Å². The number of anilines is 1. The zero-order chi connectivity index (χ0) is 22.5. The highest BCUT2D eigenvalue weighted by Crippen LogP contribution is 2.22. The highest BCUT2D eigenvalue weighted by molar-refractivity contribution is 5.96. The fourth-order valence-electron chi connectivity index (χ4n) is 3.26. The summed E-state index contributed by atoms with van der Waals surface area (Å²) in [6.45, 7) is 1.91. The molecule has 3 rings (SSSR count). The first-order valence-electron chi connectivity index (χ1n) is 9.76. The van der Waals surface area contributed by atoms with Crippen molar-refractivity contribution in [3.8, 4) is 0 Å². The number of nitrogens with one attached hydrogen (secondary N) is 1. The minimum atomic E-state index is -1.26. The molecule has 0 bridgehead atoms. The van der Waals surface area contributed by atoms with E-state index in [4.69, 9.17) is 4.74 Å². The maximum Gasteiger partial charge on any atom is 0.309 e. The fourth-order valence-corrected chi connectivity index (χ4v) is 3.26. The molecule has 31 heavy (non-hydrogen) atoms. The minimum Gasteiger partial charge on any atom is -0.452 e. The van der Waals surface area contributed by atoms with Crippen LogP contribution < -0.4 is 5.32 Å². The summed E-state index contributed by atoms with van der Waals surface area (Å²) in [5.74, 6) is -4.57. The van der Waals surface area contributed by atoms with Crippen molar-refractivity contribution in [1.82, 2.24) is 4.90 Å². The fraction of sp³-hybridized carbons (Fsp3) is 0.318. The summed E-state index contributed by atoms with van der Waals surface area (Å²) >= 11 is 0. The third-order valence-electron chi connectivity index (χ3n) is 5.08. The number of esters is 1. The lowest BCUT2D eigenvalue weighted by Gasteiger charge is -2.31. The van der Waals surface area contributed by atoms with Gasteiger partial charge in [0.15, 0.2) is 6.10 Å². The van der Waals surface area contributed by atoms with Gasteiger partial charge in [0.2, 0.25) is 0 Å². The summed E-state index contributed by atoms with van der Waals surface area (Å²) < 4.78 is 45.5. The molecule has 164 valence electrons. The largest absolute Gasteiger partial charge is 0.452 e. The average molecular weight is 434 g/mol. The third kappa shape index (κ3) is 5.42. The number of hydrogen-bond acceptors (Lipinski definition) is 4. The maximum atomic E-state index is 13.7. The summed E-state index contributed by atoms with van der Waals surface area (Å²) in [5.41, 5.74) is -0.254. The van der Waals surface area contributed by atoms with E-state index in [1.165, 1.54) is 31.2 Å². The van der Waals surface area contributed by atoms with E-state index < -0.39 is 47.0 Å². The molecule has 0 spiro atoms. The van der Waals surface area contributed by atoms with Gasteiger partial charge in [-0.2, -0.15) is 0 Å². The maximum absolute atomic E-state index is 13.7. The lowest BCUT2D eigenvalue weighted by Crippen LogP contribution is -2.41. The molecule has 1 heterocycles. The van der Waals surface area contributed by atoms with Crippen LogP contribution in [-0.2, 0) is 14.3 Å². The summed E-state index contributed by atoms with van der Waals surface area (Å²) in [7, 11) is 0. The van der Waals surface area contributed by atoms with Gasteiger partial charge < -0.3 is 15.0 Å². The summed E-state index contributed by atoms with van der Waals surface area (Å²) in [6, 6.07) is 8.37. The Labute approximate surface area is 177 Å². The molecule has 2 amide bonds. The van der Waals surface area contributed by atoms with Crippen molar-refractivity contribution in [3.63, 3.8) is 0 Å². The summed E-state index contributed by atoms with van der Waals surface area (Å²) in [5, 5.41) is 2.08. The van der Waals surface area contributed by atoms with Crippen molar-refractivity contribution in [2.75, 3.05) is 18.4 Å². The molecule has 2 aromatic carbocycles. The van der Waals surface area contributed by atoms with Crippen molar-refractivity contribution < 1.29 is 32.3 Å². The first-order valence-corrected chi connectivity index (χ1v) is 9.76. The third-order valence-corrected chi connectivity index (χ3v) is 5.08. The van der Waals surface area contributed by atoms with Crippen LogP contribution in [0, 0.1) is 23.4 Å². The SMILES string of the molecule is CC(OC(=O)C1CCN(C(=O)c2ccc(F)cc2)CC1)C(=O)Nc1c(F)cccc1F. The second-order valence-corrected chi connectivity index (χ2v) is 7.24. The molecule has 1 N–H and O–H groups in total. The molecule has 6 nitrogen and oxygen atoms in total. The number of carbonyl (C=O) groups is 3. The summed E-state index contributed by atoms with van der Waals surface area (Å²) in [4.78, 5) is 38.6. The van der Waals surface area contributed by atoms with Crippen LogP contribution >= 0.6 is 0 Å². The lowest BCUT2D eigenvalue weighted by atomic mass is 9.96. The van der Waals surface area contributed by atoms with Gasteiger partial charge in [-0.15, -0.1) is 0 Å². The van der Waals surface area contributed by atoms with E-state index in [-0.39, 0.29) is 5.91 Å². The van der Waals surface area contributed by atoms with E-state index in [9.17, 15) is 27.6 Å². The zero-order valence-corrected chi connectivity index (χ0v) is 16.7. The van der Waals surface area contributed by atoms with E-state index in [0.29, 0.717) is 31.5 Å². The normalized spacial score (nSPS) is 15.3. The van der Waals surface area contributed by atoms with Gasteiger partial charge in [0.1, 0.15) is 23.1 Å². The first-order chi connectivity index (χ1) is 14.8. The molecule has 0 radical (unpaired) electrons. The van der Waals surface area contributed by atoms with Crippen molar-refractivity contribution >= 4 is 23.5 Å². The number of hydrogen-bond donors (Lipinski definition) is 1. The van der Waals surface area contributed by atoms with Crippen LogP contribution in [-0.4, -0.2) is 41.9 Å². The van der Waals surface area contributed by atoms with Crippen molar-refractivity contribution in [1.29, 1.82) is 0 Å². The summed E-state index contributed by atoms with van der Waals surface area (Å²) in [6.07, 6.45) is -0.588. The minimum absolute atomic E-state index is 0.258.